The highest BCUT2D eigenvalue weighted by molar-refractivity contribution is 5.64. The predicted molar refractivity (Wildman–Crippen MR) is 82.2 cm³/mol. The van der Waals surface area contributed by atoms with Crippen LogP contribution >= 0.6 is 0 Å². The maximum absolute atomic E-state index is 10.2. The van der Waals surface area contributed by atoms with E-state index in [1.54, 1.807) is 0 Å². The molecule has 1 aliphatic rings. The highest BCUT2D eigenvalue weighted by Crippen LogP contribution is 2.28. The maximum atomic E-state index is 10.2. The first-order chi connectivity index (χ1) is 9.75. The second-order valence-corrected chi connectivity index (χ2v) is 5.43. The molecule has 0 aromatic heterocycles. The zero-order chi connectivity index (χ0) is 13.8. The normalized spacial score (nSPS) is 16.4. The zero-order valence-electron chi connectivity index (χ0n) is 11.5. The molecule has 1 nitrogen and oxygen atoms in total. The van der Waals surface area contributed by atoms with Crippen LogP contribution in [0.4, 0.5) is 0 Å². The molecule has 0 heterocycles. The molecule has 20 heavy (non-hydrogen) atoms. The number of benzene rings is 2. The van der Waals surface area contributed by atoms with Gasteiger partial charge in [0.1, 0.15) is 5.60 Å². The van der Waals surface area contributed by atoms with E-state index in [-0.39, 0.29) is 0 Å². The Labute approximate surface area is 120 Å². The molecule has 1 saturated carbocycles. The van der Waals surface area contributed by atoms with Crippen molar-refractivity contribution in [3.05, 3.63) is 60.2 Å². The van der Waals surface area contributed by atoms with E-state index in [0.717, 1.165) is 31.2 Å². The summed E-state index contributed by atoms with van der Waals surface area (Å²) in [6, 6.07) is 18.5. The summed E-state index contributed by atoms with van der Waals surface area (Å²) >= 11 is 0. The molecule has 0 aliphatic heterocycles. The number of rotatable bonds is 1. The SMILES string of the molecule is OC1(C#Cc2ccc(-c3ccccc3)cc2)CCCC1. The molecule has 0 spiro atoms. The van der Waals surface area contributed by atoms with Crippen LogP contribution in [-0.4, -0.2) is 10.7 Å². The topological polar surface area (TPSA) is 20.2 Å². The molecule has 0 amide bonds. The van der Waals surface area contributed by atoms with Gasteiger partial charge in [0.05, 0.1) is 0 Å². The van der Waals surface area contributed by atoms with Crippen LogP contribution < -0.4 is 0 Å². The molecule has 1 aliphatic carbocycles. The first kappa shape index (κ1) is 13.0. The molecule has 0 bridgehead atoms. The van der Waals surface area contributed by atoms with Crippen LogP contribution in [0.25, 0.3) is 11.1 Å². The Bertz CT molecular complexity index is 623. The van der Waals surface area contributed by atoms with Crippen LogP contribution in [0.5, 0.6) is 0 Å². The smallest absolute Gasteiger partial charge is 0.125 e. The summed E-state index contributed by atoms with van der Waals surface area (Å²) in [4.78, 5) is 0. The Morgan fingerprint density at radius 3 is 2.05 bits per heavy atom. The van der Waals surface area contributed by atoms with Crippen molar-refractivity contribution in [1.29, 1.82) is 0 Å². The molecule has 1 fully saturated rings. The summed E-state index contributed by atoms with van der Waals surface area (Å²) in [7, 11) is 0. The zero-order valence-corrected chi connectivity index (χ0v) is 11.5. The van der Waals surface area contributed by atoms with Gasteiger partial charge >= 0.3 is 0 Å². The lowest BCUT2D eigenvalue weighted by Gasteiger charge is -2.12. The second kappa shape index (κ2) is 5.53. The van der Waals surface area contributed by atoms with E-state index in [0.29, 0.717) is 0 Å². The minimum Gasteiger partial charge on any atom is -0.378 e. The predicted octanol–water partition coefficient (Wildman–Crippen LogP) is 4.01. The molecule has 1 N–H and O–H groups in total. The van der Waals surface area contributed by atoms with Crippen LogP contribution in [0.3, 0.4) is 0 Å². The van der Waals surface area contributed by atoms with Gasteiger partial charge in [-0.2, -0.15) is 0 Å². The van der Waals surface area contributed by atoms with Gasteiger partial charge in [0.15, 0.2) is 0 Å². The summed E-state index contributed by atoms with van der Waals surface area (Å²) in [5.74, 6) is 6.14. The minimum absolute atomic E-state index is 0.752. The van der Waals surface area contributed by atoms with Gasteiger partial charge in [-0.3, -0.25) is 0 Å². The van der Waals surface area contributed by atoms with Crippen LogP contribution in [0.15, 0.2) is 54.6 Å². The van der Waals surface area contributed by atoms with E-state index >= 15 is 0 Å². The van der Waals surface area contributed by atoms with Crippen molar-refractivity contribution in [3.8, 4) is 23.0 Å². The van der Waals surface area contributed by atoms with E-state index in [1.807, 2.05) is 30.3 Å². The molecule has 100 valence electrons. The first-order valence-corrected chi connectivity index (χ1v) is 7.16. The molecule has 0 unspecified atom stereocenters. The molecule has 0 saturated heterocycles. The lowest BCUT2D eigenvalue weighted by atomic mass is 10.0. The van der Waals surface area contributed by atoms with Crippen LogP contribution in [0.1, 0.15) is 31.2 Å². The van der Waals surface area contributed by atoms with E-state index in [1.165, 1.54) is 11.1 Å². The van der Waals surface area contributed by atoms with Crippen molar-refractivity contribution in [2.75, 3.05) is 0 Å². The summed E-state index contributed by atoms with van der Waals surface area (Å²) in [6.07, 6.45) is 3.78. The first-order valence-electron chi connectivity index (χ1n) is 7.16. The van der Waals surface area contributed by atoms with Crippen molar-refractivity contribution >= 4 is 0 Å². The van der Waals surface area contributed by atoms with Gasteiger partial charge in [0.25, 0.3) is 0 Å². The average Bonchev–Trinajstić information content (AvgIpc) is 2.94. The quantitative estimate of drug-likeness (QED) is 0.770. The second-order valence-electron chi connectivity index (χ2n) is 5.43. The number of hydrogen-bond acceptors (Lipinski definition) is 1. The summed E-state index contributed by atoms with van der Waals surface area (Å²) < 4.78 is 0. The Morgan fingerprint density at radius 2 is 1.40 bits per heavy atom. The molecular formula is C19H18O. The number of hydrogen-bond donors (Lipinski definition) is 1. The van der Waals surface area contributed by atoms with Crippen LogP contribution in [0.2, 0.25) is 0 Å². The molecule has 1 heteroatoms. The standard InChI is InChI=1S/C19H18O/c20-19(13-4-5-14-19)15-12-16-8-10-18(11-9-16)17-6-2-1-3-7-17/h1-3,6-11,20H,4-5,13-14H2. The lowest BCUT2D eigenvalue weighted by Crippen LogP contribution is -2.20. The van der Waals surface area contributed by atoms with Crippen LogP contribution in [-0.2, 0) is 0 Å². The van der Waals surface area contributed by atoms with E-state index in [2.05, 4.69) is 36.1 Å². The Kier molecular flexibility index (Phi) is 3.58. The Balaban J connectivity index is 1.79. The van der Waals surface area contributed by atoms with Gasteiger partial charge in [-0.25, -0.2) is 0 Å². The molecule has 2 aromatic carbocycles. The molecule has 0 radical (unpaired) electrons. The van der Waals surface area contributed by atoms with Crippen molar-refractivity contribution in [2.45, 2.75) is 31.3 Å². The molecular weight excluding hydrogens is 244 g/mol. The van der Waals surface area contributed by atoms with Gasteiger partial charge in [-0.1, -0.05) is 54.3 Å². The largest absolute Gasteiger partial charge is 0.378 e. The lowest BCUT2D eigenvalue weighted by molar-refractivity contribution is 0.110. The summed E-state index contributed by atoms with van der Waals surface area (Å²) in [5.41, 5.74) is 2.61. The van der Waals surface area contributed by atoms with Crippen molar-refractivity contribution < 1.29 is 5.11 Å². The van der Waals surface area contributed by atoms with Gasteiger partial charge in [-0.05, 0) is 48.9 Å². The molecule has 3 rings (SSSR count). The van der Waals surface area contributed by atoms with Crippen molar-refractivity contribution in [2.24, 2.45) is 0 Å². The Hall–Kier alpha value is -2.04. The monoisotopic (exact) mass is 262 g/mol. The minimum atomic E-state index is -0.752. The van der Waals surface area contributed by atoms with Gasteiger partial charge in [0, 0.05) is 5.56 Å². The third-order valence-electron chi connectivity index (χ3n) is 3.86. The highest BCUT2D eigenvalue weighted by atomic mass is 16.3. The van der Waals surface area contributed by atoms with Gasteiger partial charge < -0.3 is 5.11 Å². The maximum Gasteiger partial charge on any atom is 0.125 e. The fraction of sp³-hybridized carbons (Fsp3) is 0.263. The van der Waals surface area contributed by atoms with E-state index < -0.39 is 5.60 Å². The molecule has 0 atom stereocenters. The summed E-state index contributed by atoms with van der Waals surface area (Å²) in [5, 5.41) is 10.2. The third kappa shape index (κ3) is 2.92. The van der Waals surface area contributed by atoms with Gasteiger partial charge in [-0.15, -0.1) is 0 Å². The third-order valence-corrected chi connectivity index (χ3v) is 3.86. The van der Waals surface area contributed by atoms with Gasteiger partial charge in [0.2, 0.25) is 0 Å². The number of aliphatic hydroxyl groups is 1. The van der Waals surface area contributed by atoms with E-state index in [4.69, 9.17) is 0 Å². The average molecular weight is 262 g/mol. The Morgan fingerprint density at radius 1 is 0.800 bits per heavy atom. The van der Waals surface area contributed by atoms with Crippen molar-refractivity contribution in [1.82, 2.24) is 0 Å². The fourth-order valence-electron chi connectivity index (χ4n) is 2.65. The molecule has 2 aromatic rings. The van der Waals surface area contributed by atoms with Crippen molar-refractivity contribution in [3.63, 3.8) is 0 Å². The van der Waals surface area contributed by atoms with Crippen LogP contribution in [0, 0.1) is 11.8 Å². The highest BCUT2D eigenvalue weighted by Gasteiger charge is 2.28. The summed E-state index contributed by atoms with van der Waals surface area (Å²) in [6.45, 7) is 0. The fourth-order valence-corrected chi connectivity index (χ4v) is 2.65. The van der Waals surface area contributed by atoms with E-state index in [9.17, 15) is 5.11 Å².